The summed E-state index contributed by atoms with van der Waals surface area (Å²) in [6.07, 6.45) is 1.60. The number of H-pyrrole nitrogens is 1. The molecule has 27 heavy (non-hydrogen) atoms. The van der Waals surface area contributed by atoms with Crippen LogP contribution in [0.15, 0.2) is 28.0 Å². The molecular weight excluding hydrogens is 389 g/mol. The fourth-order valence-electron chi connectivity index (χ4n) is 3.83. The van der Waals surface area contributed by atoms with E-state index in [4.69, 9.17) is 16.3 Å². The zero-order valence-electron chi connectivity index (χ0n) is 15.4. The number of aromatic amines is 1. The van der Waals surface area contributed by atoms with Gasteiger partial charge in [-0.25, -0.2) is 9.38 Å². The predicted octanol–water partition coefficient (Wildman–Crippen LogP) is 4.99. The lowest BCUT2D eigenvalue weighted by Gasteiger charge is -2.36. The Labute approximate surface area is 165 Å². The van der Waals surface area contributed by atoms with E-state index in [0.29, 0.717) is 28.6 Å². The van der Waals surface area contributed by atoms with Crippen molar-refractivity contribution in [2.24, 2.45) is 4.99 Å². The van der Waals surface area contributed by atoms with Gasteiger partial charge in [-0.2, -0.15) is 0 Å². The molecule has 0 aliphatic carbocycles. The Hall–Kier alpha value is -1.57. The van der Waals surface area contributed by atoms with Crippen molar-refractivity contribution in [3.8, 4) is 0 Å². The number of nitrogens with zero attached hydrogens (tertiary/aromatic N) is 2. The Morgan fingerprint density at radius 3 is 2.93 bits per heavy atom. The molecule has 2 aliphatic heterocycles. The molecule has 2 aliphatic rings. The molecule has 0 amide bonds. The van der Waals surface area contributed by atoms with Crippen LogP contribution in [-0.2, 0) is 4.74 Å². The van der Waals surface area contributed by atoms with E-state index in [1.807, 2.05) is 11.6 Å². The number of thioether (sulfide) groups is 1. The summed E-state index contributed by atoms with van der Waals surface area (Å²) in [5.41, 5.74) is 0.861. The topological polar surface area (TPSA) is 59.4 Å². The SMILES string of the molecule is CC1=Nc2c(c(=O)[nH]n2C2CCOC(C)(C)C2)C(c2ccc(F)cc2Cl)S1. The van der Waals surface area contributed by atoms with Crippen LogP contribution >= 0.6 is 23.4 Å². The van der Waals surface area contributed by atoms with Gasteiger partial charge in [-0.15, -0.1) is 0 Å². The number of ether oxygens (including phenoxy) is 1. The lowest BCUT2D eigenvalue weighted by molar-refractivity contribution is -0.0705. The molecule has 0 bridgehead atoms. The van der Waals surface area contributed by atoms with Gasteiger partial charge in [-0.3, -0.25) is 14.6 Å². The van der Waals surface area contributed by atoms with Crippen LogP contribution in [0, 0.1) is 5.82 Å². The summed E-state index contributed by atoms with van der Waals surface area (Å²) in [7, 11) is 0. The van der Waals surface area contributed by atoms with E-state index in [1.54, 1.807) is 6.07 Å². The average Bonchev–Trinajstić information content (AvgIpc) is 2.90. The fraction of sp³-hybridized carbons (Fsp3) is 0.474. The summed E-state index contributed by atoms with van der Waals surface area (Å²) >= 11 is 7.75. The molecule has 2 aromatic rings. The van der Waals surface area contributed by atoms with Gasteiger partial charge in [0.25, 0.3) is 5.56 Å². The van der Waals surface area contributed by atoms with Gasteiger partial charge in [0, 0.05) is 11.6 Å². The molecule has 144 valence electrons. The van der Waals surface area contributed by atoms with E-state index in [2.05, 4.69) is 23.9 Å². The molecular formula is C19H21ClFN3O2S. The summed E-state index contributed by atoms with van der Waals surface area (Å²) in [6.45, 7) is 6.66. The van der Waals surface area contributed by atoms with E-state index in [1.165, 1.54) is 23.9 Å². The molecule has 5 nitrogen and oxygen atoms in total. The second kappa shape index (κ2) is 6.79. The van der Waals surface area contributed by atoms with Gasteiger partial charge in [0.05, 0.1) is 27.5 Å². The Morgan fingerprint density at radius 2 is 2.22 bits per heavy atom. The molecule has 3 heterocycles. The third kappa shape index (κ3) is 3.48. The highest BCUT2D eigenvalue weighted by Crippen LogP contribution is 2.47. The number of benzene rings is 1. The van der Waals surface area contributed by atoms with Gasteiger partial charge in [0.15, 0.2) is 5.82 Å². The van der Waals surface area contributed by atoms with Crippen molar-refractivity contribution in [1.82, 2.24) is 9.78 Å². The number of rotatable bonds is 2. The van der Waals surface area contributed by atoms with Crippen molar-refractivity contribution in [2.45, 2.75) is 50.5 Å². The third-order valence-electron chi connectivity index (χ3n) is 5.03. The van der Waals surface area contributed by atoms with Gasteiger partial charge >= 0.3 is 0 Å². The molecule has 0 saturated carbocycles. The maximum absolute atomic E-state index is 13.5. The minimum Gasteiger partial charge on any atom is -0.375 e. The van der Waals surface area contributed by atoms with Crippen LogP contribution in [0.4, 0.5) is 10.2 Å². The highest BCUT2D eigenvalue weighted by Gasteiger charge is 2.36. The van der Waals surface area contributed by atoms with Crippen LogP contribution in [-0.4, -0.2) is 27.0 Å². The molecule has 1 aromatic carbocycles. The number of nitrogens with one attached hydrogen (secondary N) is 1. The molecule has 8 heteroatoms. The maximum atomic E-state index is 13.5. The van der Waals surface area contributed by atoms with E-state index in [9.17, 15) is 9.18 Å². The summed E-state index contributed by atoms with van der Waals surface area (Å²) in [5.74, 6) is 0.246. The summed E-state index contributed by atoms with van der Waals surface area (Å²) in [6, 6.07) is 4.40. The minimum absolute atomic E-state index is 0.106. The Bertz CT molecular complexity index is 982. The van der Waals surface area contributed by atoms with Crippen LogP contribution < -0.4 is 5.56 Å². The monoisotopic (exact) mass is 409 g/mol. The summed E-state index contributed by atoms with van der Waals surface area (Å²) < 4.78 is 21.2. The number of fused-ring (bicyclic) bond motifs is 1. The first-order valence-electron chi connectivity index (χ1n) is 8.90. The van der Waals surface area contributed by atoms with Crippen LogP contribution in [0.2, 0.25) is 5.02 Å². The Morgan fingerprint density at radius 1 is 1.44 bits per heavy atom. The first-order chi connectivity index (χ1) is 12.7. The molecule has 1 saturated heterocycles. The lowest BCUT2D eigenvalue weighted by atomic mass is 9.94. The lowest BCUT2D eigenvalue weighted by Crippen LogP contribution is -2.35. The van der Waals surface area contributed by atoms with Gasteiger partial charge in [-0.05, 0) is 51.3 Å². The normalized spacial score (nSPS) is 24.4. The summed E-state index contributed by atoms with van der Waals surface area (Å²) in [5, 5.41) is 3.82. The number of halogens is 2. The minimum atomic E-state index is -0.397. The third-order valence-corrected chi connectivity index (χ3v) is 6.52. The molecule has 0 radical (unpaired) electrons. The Kier molecular flexibility index (Phi) is 4.72. The van der Waals surface area contributed by atoms with Gasteiger partial charge in [-0.1, -0.05) is 29.4 Å². The number of aliphatic imine (C=N–C) groups is 1. The van der Waals surface area contributed by atoms with E-state index >= 15 is 0 Å². The largest absolute Gasteiger partial charge is 0.375 e. The Balaban J connectivity index is 1.82. The van der Waals surface area contributed by atoms with Gasteiger partial charge < -0.3 is 4.74 Å². The van der Waals surface area contributed by atoms with Crippen LogP contribution in [0.25, 0.3) is 0 Å². The fourth-order valence-corrected chi connectivity index (χ4v) is 5.31. The number of aromatic nitrogens is 2. The van der Waals surface area contributed by atoms with E-state index < -0.39 is 5.82 Å². The first-order valence-corrected chi connectivity index (χ1v) is 10.2. The predicted molar refractivity (Wildman–Crippen MR) is 107 cm³/mol. The highest BCUT2D eigenvalue weighted by molar-refractivity contribution is 8.14. The summed E-state index contributed by atoms with van der Waals surface area (Å²) in [4.78, 5) is 17.5. The maximum Gasteiger partial charge on any atom is 0.271 e. The highest BCUT2D eigenvalue weighted by atomic mass is 35.5. The van der Waals surface area contributed by atoms with Crippen molar-refractivity contribution in [3.63, 3.8) is 0 Å². The van der Waals surface area contributed by atoms with E-state index in [-0.39, 0.29) is 22.5 Å². The second-order valence-electron chi connectivity index (χ2n) is 7.60. The molecule has 2 atom stereocenters. The molecule has 2 unspecified atom stereocenters. The molecule has 1 aromatic heterocycles. The van der Waals surface area contributed by atoms with Crippen molar-refractivity contribution < 1.29 is 9.13 Å². The quantitative estimate of drug-likeness (QED) is 0.760. The van der Waals surface area contributed by atoms with Crippen LogP contribution in [0.3, 0.4) is 0 Å². The smallest absolute Gasteiger partial charge is 0.271 e. The van der Waals surface area contributed by atoms with Crippen molar-refractivity contribution in [1.29, 1.82) is 0 Å². The first kappa shape index (κ1) is 18.8. The van der Waals surface area contributed by atoms with Crippen molar-refractivity contribution >= 4 is 34.2 Å². The van der Waals surface area contributed by atoms with E-state index in [0.717, 1.165) is 17.9 Å². The standard InChI is InChI=1S/C19H21ClFN3O2S/c1-10-22-17-15(16(27-10)13-5-4-11(21)8-14(13)20)18(25)23-24(17)12-6-7-26-19(2,3)9-12/h4-5,8,12,16H,6-7,9H2,1-3H3,(H,23,25). The molecule has 0 spiro atoms. The molecule has 1 N–H and O–H groups in total. The average molecular weight is 410 g/mol. The zero-order chi connectivity index (χ0) is 19.3. The van der Waals surface area contributed by atoms with Crippen molar-refractivity contribution in [3.05, 3.63) is 50.5 Å². The van der Waals surface area contributed by atoms with Crippen molar-refractivity contribution in [2.75, 3.05) is 6.61 Å². The number of hydrogen-bond acceptors (Lipinski definition) is 4. The van der Waals surface area contributed by atoms with Crippen LogP contribution in [0.5, 0.6) is 0 Å². The zero-order valence-corrected chi connectivity index (χ0v) is 17.0. The molecule has 1 fully saturated rings. The van der Waals surface area contributed by atoms with Gasteiger partial charge in [0.2, 0.25) is 0 Å². The van der Waals surface area contributed by atoms with Gasteiger partial charge in [0.1, 0.15) is 5.82 Å². The number of hydrogen-bond donors (Lipinski definition) is 1. The van der Waals surface area contributed by atoms with Crippen LogP contribution in [0.1, 0.15) is 56.0 Å². The second-order valence-corrected chi connectivity index (χ2v) is 9.30. The molecule has 4 rings (SSSR count).